The molecule has 0 amide bonds. The average Bonchev–Trinajstić information content (AvgIpc) is 3.05. The van der Waals surface area contributed by atoms with Crippen molar-refractivity contribution in [3.05, 3.63) is 28.2 Å². The molecule has 0 aliphatic carbocycles. The van der Waals surface area contributed by atoms with E-state index in [2.05, 4.69) is 30.4 Å². The number of benzene rings is 1. The van der Waals surface area contributed by atoms with E-state index in [-0.39, 0.29) is 11.2 Å². The van der Waals surface area contributed by atoms with E-state index in [1.807, 2.05) is 6.92 Å². The molecule has 3 nitrogen and oxygen atoms in total. The Labute approximate surface area is 137 Å². The highest BCUT2D eigenvalue weighted by molar-refractivity contribution is 9.10. The van der Waals surface area contributed by atoms with Gasteiger partial charge in [-0.2, -0.15) is 0 Å². The van der Waals surface area contributed by atoms with Crippen LogP contribution in [0.15, 0.2) is 16.6 Å². The van der Waals surface area contributed by atoms with Gasteiger partial charge < -0.3 is 9.47 Å². The number of hydrogen-bond donors (Lipinski definition) is 0. The lowest BCUT2D eigenvalue weighted by atomic mass is 10.3. The molecule has 1 unspecified atom stereocenters. The molecule has 1 aliphatic rings. The maximum absolute atomic E-state index is 13.7. The number of aromatic nitrogens is 2. The predicted octanol–water partition coefficient (Wildman–Crippen LogP) is 4.33. The number of alkyl halides is 1. The summed E-state index contributed by atoms with van der Waals surface area (Å²) in [4.78, 5) is 6.96. The molecule has 1 atom stereocenters. The van der Waals surface area contributed by atoms with Crippen LogP contribution in [0.2, 0.25) is 0 Å². The first-order valence-electron chi connectivity index (χ1n) is 7.28. The van der Waals surface area contributed by atoms with Crippen LogP contribution in [0.25, 0.3) is 11.0 Å². The molecule has 1 saturated heterocycles. The zero-order chi connectivity index (χ0) is 15.0. The Bertz CT molecular complexity index is 650. The highest BCUT2D eigenvalue weighted by Crippen LogP contribution is 2.28. The molecule has 114 valence electrons. The van der Waals surface area contributed by atoms with Gasteiger partial charge in [0.25, 0.3) is 0 Å². The minimum absolute atomic E-state index is 0.196. The van der Waals surface area contributed by atoms with Crippen LogP contribution in [0.5, 0.6) is 0 Å². The summed E-state index contributed by atoms with van der Waals surface area (Å²) >= 11 is 9.51. The molecule has 6 heteroatoms. The number of hydrogen-bond acceptors (Lipinski definition) is 2. The summed E-state index contributed by atoms with van der Waals surface area (Å²) in [5.74, 6) is 0.517. The Hall–Kier alpha value is -0.650. The van der Waals surface area contributed by atoms with Crippen molar-refractivity contribution in [3.8, 4) is 0 Å². The van der Waals surface area contributed by atoms with Crippen LogP contribution < -0.4 is 0 Å². The number of likely N-dealkylation sites (tertiary alicyclic amines) is 1. The van der Waals surface area contributed by atoms with Crippen LogP contribution in [0.1, 0.15) is 31.0 Å². The Morgan fingerprint density at radius 3 is 2.71 bits per heavy atom. The zero-order valence-corrected chi connectivity index (χ0v) is 14.3. The first-order valence-corrected chi connectivity index (χ1v) is 8.51. The number of nitrogens with zero attached hydrogens (tertiary/aromatic N) is 3. The Balaban J connectivity index is 1.96. The van der Waals surface area contributed by atoms with Crippen molar-refractivity contribution in [2.45, 2.75) is 31.7 Å². The molecule has 1 fully saturated rings. The maximum atomic E-state index is 13.7. The molecule has 0 saturated carbocycles. The van der Waals surface area contributed by atoms with Crippen molar-refractivity contribution in [3.63, 3.8) is 0 Å². The molecule has 1 aromatic heterocycles. The van der Waals surface area contributed by atoms with Crippen molar-refractivity contribution in [2.24, 2.45) is 0 Å². The number of imidazole rings is 1. The quantitative estimate of drug-likeness (QED) is 0.743. The second-order valence-electron chi connectivity index (χ2n) is 5.54. The minimum atomic E-state index is -0.291. The van der Waals surface area contributed by atoms with E-state index in [0.717, 1.165) is 37.5 Å². The normalized spacial score (nSPS) is 17.7. The van der Waals surface area contributed by atoms with Crippen LogP contribution >= 0.6 is 27.5 Å². The summed E-state index contributed by atoms with van der Waals surface area (Å²) in [5, 5.41) is -0.196. The molecule has 3 rings (SSSR count). The monoisotopic (exact) mass is 373 g/mol. The van der Waals surface area contributed by atoms with Crippen LogP contribution in [-0.2, 0) is 6.54 Å². The van der Waals surface area contributed by atoms with Crippen LogP contribution in [-0.4, -0.2) is 34.1 Å². The minimum Gasteiger partial charge on any atom is -0.325 e. The Kier molecular flexibility index (Phi) is 4.52. The lowest BCUT2D eigenvalue weighted by molar-refractivity contribution is 0.322. The summed E-state index contributed by atoms with van der Waals surface area (Å²) in [6.07, 6.45) is 2.56. The van der Waals surface area contributed by atoms with E-state index < -0.39 is 0 Å². The van der Waals surface area contributed by atoms with Gasteiger partial charge in [-0.1, -0.05) is 0 Å². The topological polar surface area (TPSA) is 21.1 Å². The summed E-state index contributed by atoms with van der Waals surface area (Å²) in [5.41, 5.74) is 1.60. The van der Waals surface area contributed by atoms with Crippen molar-refractivity contribution >= 4 is 38.6 Å². The van der Waals surface area contributed by atoms with Crippen molar-refractivity contribution < 1.29 is 4.39 Å². The lowest BCUT2D eigenvalue weighted by Crippen LogP contribution is -2.24. The number of halogens is 3. The highest BCUT2D eigenvalue weighted by atomic mass is 79.9. The highest BCUT2D eigenvalue weighted by Gasteiger charge is 2.18. The molecule has 0 spiro atoms. The third-order valence-corrected chi connectivity index (χ3v) is 4.82. The Morgan fingerprint density at radius 1 is 1.33 bits per heavy atom. The molecule has 0 bridgehead atoms. The van der Waals surface area contributed by atoms with Crippen molar-refractivity contribution in [1.82, 2.24) is 14.5 Å². The molecule has 2 heterocycles. The lowest BCUT2D eigenvalue weighted by Gasteiger charge is -2.17. The van der Waals surface area contributed by atoms with E-state index in [0.29, 0.717) is 9.99 Å². The fraction of sp³-hybridized carbons (Fsp3) is 0.533. The number of rotatable bonds is 4. The van der Waals surface area contributed by atoms with Gasteiger partial charge >= 0.3 is 0 Å². The second-order valence-corrected chi connectivity index (χ2v) is 7.05. The van der Waals surface area contributed by atoms with Gasteiger partial charge in [0.2, 0.25) is 0 Å². The van der Waals surface area contributed by atoms with Crippen molar-refractivity contribution in [1.29, 1.82) is 0 Å². The third-order valence-electron chi connectivity index (χ3n) is 4.01. The molecular formula is C15H18BrClFN3. The molecule has 1 aromatic carbocycles. The van der Waals surface area contributed by atoms with Gasteiger partial charge in [0.15, 0.2) is 0 Å². The molecule has 21 heavy (non-hydrogen) atoms. The van der Waals surface area contributed by atoms with E-state index in [4.69, 9.17) is 11.6 Å². The SMILES string of the molecule is CC(Cl)c1nc2cc(F)c(Br)cc2n1CCN1CCCC1. The van der Waals surface area contributed by atoms with Crippen LogP contribution in [0.4, 0.5) is 4.39 Å². The standard InChI is InChI=1S/C15H18BrClFN3/c1-10(17)15-19-13-9-12(18)11(16)8-14(13)21(15)7-6-20-4-2-3-5-20/h8-10H,2-7H2,1H3. The maximum Gasteiger partial charge on any atom is 0.139 e. The molecular weight excluding hydrogens is 357 g/mol. The summed E-state index contributed by atoms with van der Waals surface area (Å²) in [6, 6.07) is 3.26. The van der Waals surface area contributed by atoms with E-state index in [9.17, 15) is 4.39 Å². The van der Waals surface area contributed by atoms with Gasteiger partial charge in [-0.05, 0) is 54.9 Å². The molecule has 1 aliphatic heterocycles. The van der Waals surface area contributed by atoms with E-state index in [1.165, 1.54) is 18.9 Å². The predicted molar refractivity (Wildman–Crippen MR) is 87.3 cm³/mol. The first-order chi connectivity index (χ1) is 10.1. The molecule has 0 N–H and O–H groups in total. The summed E-state index contributed by atoms with van der Waals surface area (Å²) < 4.78 is 16.3. The second kappa shape index (κ2) is 6.23. The van der Waals surface area contributed by atoms with Gasteiger partial charge in [0.05, 0.1) is 20.9 Å². The van der Waals surface area contributed by atoms with Gasteiger partial charge in [-0.15, -0.1) is 11.6 Å². The van der Waals surface area contributed by atoms with Crippen LogP contribution in [0, 0.1) is 5.82 Å². The summed E-state index contributed by atoms with van der Waals surface area (Å²) in [6.45, 7) is 6.05. The average molecular weight is 375 g/mol. The van der Waals surface area contributed by atoms with E-state index >= 15 is 0 Å². The fourth-order valence-corrected chi connectivity index (χ4v) is 3.42. The Morgan fingerprint density at radius 2 is 2.05 bits per heavy atom. The third kappa shape index (κ3) is 3.10. The van der Waals surface area contributed by atoms with E-state index in [1.54, 1.807) is 6.07 Å². The van der Waals surface area contributed by atoms with Gasteiger partial charge in [-0.3, -0.25) is 0 Å². The zero-order valence-electron chi connectivity index (χ0n) is 12.0. The van der Waals surface area contributed by atoms with Crippen LogP contribution in [0.3, 0.4) is 0 Å². The summed E-state index contributed by atoms with van der Waals surface area (Å²) in [7, 11) is 0. The van der Waals surface area contributed by atoms with Crippen molar-refractivity contribution in [2.75, 3.05) is 19.6 Å². The largest absolute Gasteiger partial charge is 0.325 e. The smallest absolute Gasteiger partial charge is 0.139 e. The van der Waals surface area contributed by atoms with Gasteiger partial charge in [0.1, 0.15) is 11.6 Å². The van der Waals surface area contributed by atoms with Gasteiger partial charge in [0, 0.05) is 19.2 Å². The molecule has 0 radical (unpaired) electrons. The fourth-order valence-electron chi connectivity index (χ4n) is 2.93. The van der Waals surface area contributed by atoms with Gasteiger partial charge in [-0.25, -0.2) is 9.37 Å². The molecule has 2 aromatic rings. The number of fused-ring (bicyclic) bond motifs is 1. The first kappa shape index (κ1) is 15.3.